The standard InChI is InChI=1S/C19H14Cl2O4/c1-10-6-13-12(8-17(22)25-16(13)7-11(10)2)9-24-19(23)18-14(20)4-3-5-15(18)21/h3-8H,9H2,1-2H3. The van der Waals surface area contributed by atoms with E-state index in [4.69, 9.17) is 32.4 Å². The molecule has 25 heavy (non-hydrogen) atoms. The van der Waals surface area contributed by atoms with Crippen LogP contribution in [0, 0.1) is 13.8 Å². The highest BCUT2D eigenvalue weighted by Gasteiger charge is 2.17. The van der Waals surface area contributed by atoms with Crippen molar-refractivity contribution in [2.75, 3.05) is 0 Å². The first-order chi connectivity index (χ1) is 11.9. The SMILES string of the molecule is Cc1cc2oc(=O)cc(COC(=O)c3c(Cl)cccc3Cl)c2cc1C. The number of hydrogen-bond donors (Lipinski definition) is 0. The van der Waals surface area contributed by atoms with Crippen molar-refractivity contribution in [1.82, 2.24) is 0 Å². The number of ether oxygens (including phenoxy) is 1. The Morgan fingerprint density at radius 2 is 1.72 bits per heavy atom. The fourth-order valence-electron chi connectivity index (χ4n) is 2.51. The number of hydrogen-bond acceptors (Lipinski definition) is 4. The summed E-state index contributed by atoms with van der Waals surface area (Å²) in [4.78, 5) is 24.1. The molecule has 3 rings (SSSR count). The maximum absolute atomic E-state index is 12.3. The molecule has 3 aromatic rings. The minimum Gasteiger partial charge on any atom is -0.457 e. The Hall–Kier alpha value is -2.30. The van der Waals surface area contributed by atoms with Gasteiger partial charge in [-0.1, -0.05) is 29.3 Å². The summed E-state index contributed by atoms with van der Waals surface area (Å²) in [6.45, 7) is 3.80. The van der Waals surface area contributed by atoms with Gasteiger partial charge >= 0.3 is 11.6 Å². The van der Waals surface area contributed by atoms with E-state index in [1.807, 2.05) is 19.9 Å². The molecule has 1 aromatic heterocycles. The monoisotopic (exact) mass is 376 g/mol. The molecule has 0 spiro atoms. The fraction of sp³-hybridized carbons (Fsp3) is 0.158. The normalized spacial score (nSPS) is 10.9. The second-order valence-corrected chi connectivity index (χ2v) is 6.51. The van der Waals surface area contributed by atoms with Crippen molar-refractivity contribution in [1.29, 1.82) is 0 Å². The molecule has 0 fully saturated rings. The quantitative estimate of drug-likeness (QED) is 0.472. The molecule has 0 aliphatic rings. The van der Waals surface area contributed by atoms with Crippen LogP contribution in [0.1, 0.15) is 27.0 Å². The van der Waals surface area contributed by atoms with E-state index in [0.29, 0.717) is 11.1 Å². The largest absolute Gasteiger partial charge is 0.457 e. The van der Waals surface area contributed by atoms with Crippen molar-refractivity contribution < 1.29 is 13.9 Å². The summed E-state index contributed by atoms with van der Waals surface area (Å²) in [5, 5.41) is 1.14. The van der Waals surface area contributed by atoms with Gasteiger partial charge in [-0.15, -0.1) is 0 Å². The van der Waals surface area contributed by atoms with Gasteiger partial charge < -0.3 is 9.15 Å². The highest BCUT2D eigenvalue weighted by atomic mass is 35.5. The Bertz CT molecular complexity index is 1020. The molecular weight excluding hydrogens is 363 g/mol. The first-order valence-electron chi connectivity index (χ1n) is 7.52. The van der Waals surface area contributed by atoms with Crippen LogP contribution in [0.2, 0.25) is 10.0 Å². The number of carbonyl (C=O) groups is 1. The lowest BCUT2D eigenvalue weighted by molar-refractivity contribution is 0.0474. The van der Waals surface area contributed by atoms with Crippen molar-refractivity contribution in [3.8, 4) is 0 Å². The molecule has 0 bridgehead atoms. The number of halogens is 2. The van der Waals surface area contributed by atoms with Gasteiger partial charge in [0.15, 0.2) is 0 Å². The van der Waals surface area contributed by atoms with Crippen LogP contribution in [0.3, 0.4) is 0 Å². The molecule has 2 aromatic carbocycles. The molecule has 0 aliphatic heterocycles. The zero-order chi connectivity index (χ0) is 18.1. The van der Waals surface area contributed by atoms with Gasteiger partial charge in [0.05, 0.1) is 15.6 Å². The molecule has 0 atom stereocenters. The van der Waals surface area contributed by atoms with Crippen LogP contribution in [0.15, 0.2) is 45.6 Å². The van der Waals surface area contributed by atoms with E-state index in [1.165, 1.54) is 6.07 Å². The van der Waals surface area contributed by atoms with Crippen molar-refractivity contribution in [2.45, 2.75) is 20.5 Å². The number of carbonyl (C=O) groups excluding carboxylic acids is 1. The van der Waals surface area contributed by atoms with Crippen LogP contribution in [-0.2, 0) is 11.3 Å². The number of esters is 1. The van der Waals surface area contributed by atoms with Gasteiger partial charge in [-0.3, -0.25) is 0 Å². The van der Waals surface area contributed by atoms with Crippen LogP contribution in [0.5, 0.6) is 0 Å². The third kappa shape index (κ3) is 3.55. The van der Waals surface area contributed by atoms with Gasteiger partial charge in [-0.25, -0.2) is 9.59 Å². The first-order valence-corrected chi connectivity index (χ1v) is 8.27. The fourth-order valence-corrected chi connectivity index (χ4v) is 3.06. The maximum Gasteiger partial charge on any atom is 0.341 e. The van der Waals surface area contributed by atoms with Crippen molar-refractivity contribution >= 4 is 40.1 Å². The van der Waals surface area contributed by atoms with Gasteiger partial charge in [-0.2, -0.15) is 0 Å². The van der Waals surface area contributed by atoms with Crippen molar-refractivity contribution in [3.63, 3.8) is 0 Å². The van der Waals surface area contributed by atoms with E-state index < -0.39 is 11.6 Å². The summed E-state index contributed by atoms with van der Waals surface area (Å²) in [5.74, 6) is -0.652. The molecular formula is C19H14Cl2O4. The molecule has 6 heteroatoms. The Labute approximate surface area is 153 Å². The van der Waals surface area contributed by atoms with Gasteiger partial charge in [0, 0.05) is 17.0 Å². The lowest BCUT2D eigenvalue weighted by atomic mass is 10.0. The van der Waals surface area contributed by atoms with E-state index in [9.17, 15) is 9.59 Å². The molecule has 0 unspecified atom stereocenters. The van der Waals surface area contributed by atoms with E-state index in [0.717, 1.165) is 16.5 Å². The Morgan fingerprint density at radius 3 is 2.40 bits per heavy atom. The second kappa shape index (κ2) is 6.90. The van der Waals surface area contributed by atoms with Crippen LogP contribution >= 0.6 is 23.2 Å². The molecule has 0 aliphatic carbocycles. The number of rotatable bonds is 3. The van der Waals surface area contributed by atoms with E-state index in [1.54, 1.807) is 24.3 Å². The Balaban J connectivity index is 1.95. The summed E-state index contributed by atoms with van der Waals surface area (Å²) in [5.41, 5.74) is 2.67. The van der Waals surface area contributed by atoms with Gasteiger partial charge in [-0.05, 0) is 49.2 Å². The van der Waals surface area contributed by atoms with Crippen molar-refractivity contribution in [2.24, 2.45) is 0 Å². The lowest BCUT2D eigenvalue weighted by Gasteiger charge is -2.10. The summed E-state index contributed by atoms with van der Waals surface area (Å²) >= 11 is 12.0. The summed E-state index contributed by atoms with van der Waals surface area (Å²) in [6.07, 6.45) is 0. The molecule has 128 valence electrons. The number of benzene rings is 2. The predicted molar refractivity (Wildman–Crippen MR) is 97.5 cm³/mol. The zero-order valence-corrected chi connectivity index (χ0v) is 15.1. The molecule has 0 amide bonds. The summed E-state index contributed by atoms with van der Waals surface area (Å²) in [7, 11) is 0. The average Bonchev–Trinajstić information content (AvgIpc) is 2.54. The maximum atomic E-state index is 12.3. The van der Waals surface area contributed by atoms with Gasteiger partial charge in [0.25, 0.3) is 0 Å². The third-order valence-corrected chi connectivity index (χ3v) is 4.60. The topological polar surface area (TPSA) is 56.5 Å². The minimum atomic E-state index is -0.652. The molecule has 4 nitrogen and oxygen atoms in total. The van der Waals surface area contributed by atoms with Crippen LogP contribution < -0.4 is 5.63 Å². The first kappa shape index (κ1) is 17.5. The number of fused-ring (bicyclic) bond motifs is 1. The third-order valence-electron chi connectivity index (χ3n) is 3.97. The van der Waals surface area contributed by atoms with E-state index in [-0.39, 0.29) is 22.2 Å². The molecule has 0 radical (unpaired) electrons. The predicted octanol–water partition coefficient (Wildman–Crippen LogP) is 5.07. The molecule has 0 N–H and O–H groups in total. The Kier molecular flexibility index (Phi) is 4.84. The lowest BCUT2D eigenvalue weighted by Crippen LogP contribution is -2.09. The summed E-state index contributed by atoms with van der Waals surface area (Å²) in [6, 6.07) is 9.77. The second-order valence-electron chi connectivity index (χ2n) is 5.70. The van der Waals surface area contributed by atoms with Crippen LogP contribution in [0.4, 0.5) is 0 Å². The minimum absolute atomic E-state index is 0.0923. The zero-order valence-electron chi connectivity index (χ0n) is 13.6. The van der Waals surface area contributed by atoms with Gasteiger partial charge in [0.2, 0.25) is 0 Å². The average molecular weight is 377 g/mol. The van der Waals surface area contributed by atoms with Gasteiger partial charge in [0.1, 0.15) is 12.2 Å². The van der Waals surface area contributed by atoms with Crippen molar-refractivity contribution in [3.05, 3.63) is 79.1 Å². The Morgan fingerprint density at radius 1 is 1.08 bits per heavy atom. The highest BCUT2D eigenvalue weighted by molar-refractivity contribution is 6.39. The van der Waals surface area contributed by atoms with Crippen LogP contribution in [0.25, 0.3) is 11.0 Å². The molecule has 0 saturated carbocycles. The summed E-state index contributed by atoms with van der Waals surface area (Å²) < 4.78 is 10.6. The molecule has 0 saturated heterocycles. The smallest absolute Gasteiger partial charge is 0.341 e. The highest BCUT2D eigenvalue weighted by Crippen LogP contribution is 2.26. The molecule has 1 heterocycles. The van der Waals surface area contributed by atoms with Crippen LogP contribution in [-0.4, -0.2) is 5.97 Å². The van der Waals surface area contributed by atoms with E-state index >= 15 is 0 Å². The number of aryl methyl sites for hydroxylation is 2. The van der Waals surface area contributed by atoms with E-state index in [2.05, 4.69) is 0 Å².